The van der Waals surface area contributed by atoms with Crippen LogP contribution in [0.1, 0.15) is 30.2 Å². The highest BCUT2D eigenvalue weighted by Crippen LogP contribution is 2.20. The van der Waals surface area contributed by atoms with E-state index in [-0.39, 0.29) is 24.0 Å². The second kappa shape index (κ2) is 11.3. The summed E-state index contributed by atoms with van der Waals surface area (Å²) in [6.07, 6.45) is 0. The topological polar surface area (TPSA) is 45.6 Å². The molecule has 1 aromatic carbocycles. The van der Waals surface area contributed by atoms with Gasteiger partial charge in [-0.05, 0) is 24.4 Å². The Bertz CT molecular complexity index is 616. The molecular weight excluding hydrogens is 433 g/mol. The average Bonchev–Trinajstić information content (AvgIpc) is 3.11. The fourth-order valence-electron chi connectivity index (χ4n) is 2.27. The van der Waals surface area contributed by atoms with Crippen LogP contribution in [0.3, 0.4) is 0 Å². The molecule has 24 heavy (non-hydrogen) atoms. The number of aliphatic imine (C=N–C) groups is 1. The standard InChI is InChI=1S/C18H25N3OS.HI/c1-4-22-16-9-6-5-8-15(16)13-21-18(19-3)20-12-14(2)17-10-7-11-23-17;/h5-11,14H,4,12-13H2,1-3H3,(H2,19,20,21);1H. The lowest BCUT2D eigenvalue weighted by atomic mass is 10.1. The van der Waals surface area contributed by atoms with Gasteiger partial charge in [0.25, 0.3) is 0 Å². The van der Waals surface area contributed by atoms with Crippen molar-refractivity contribution in [3.63, 3.8) is 0 Å². The van der Waals surface area contributed by atoms with Gasteiger partial charge in [0.1, 0.15) is 5.75 Å². The number of hydrogen-bond acceptors (Lipinski definition) is 3. The van der Waals surface area contributed by atoms with E-state index in [9.17, 15) is 0 Å². The highest BCUT2D eigenvalue weighted by atomic mass is 127. The molecule has 4 nitrogen and oxygen atoms in total. The molecule has 0 fully saturated rings. The van der Waals surface area contributed by atoms with Gasteiger partial charge in [-0.2, -0.15) is 0 Å². The number of thiophene rings is 1. The third kappa shape index (κ3) is 6.32. The van der Waals surface area contributed by atoms with Gasteiger partial charge in [0, 0.05) is 36.5 Å². The van der Waals surface area contributed by atoms with Crippen LogP contribution in [0.2, 0.25) is 0 Å². The van der Waals surface area contributed by atoms with Crippen molar-refractivity contribution >= 4 is 41.3 Å². The van der Waals surface area contributed by atoms with Crippen LogP contribution in [-0.2, 0) is 6.54 Å². The third-order valence-electron chi connectivity index (χ3n) is 3.55. The number of ether oxygens (including phenoxy) is 1. The van der Waals surface area contributed by atoms with E-state index in [1.54, 1.807) is 18.4 Å². The van der Waals surface area contributed by atoms with Gasteiger partial charge in [-0.3, -0.25) is 4.99 Å². The number of nitrogens with one attached hydrogen (secondary N) is 2. The van der Waals surface area contributed by atoms with E-state index in [0.717, 1.165) is 23.8 Å². The summed E-state index contributed by atoms with van der Waals surface area (Å²) in [6.45, 7) is 6.42. The predicted molar refractivity (Wildman–Crippen MR) is 114 cm³/mol. The number of para-hydroxylation sites is 1. The molecule has 0 aliphatic carbocycles. The minimum absolute atomic E-state index is 0. The van der Waals surface area contributed by atoms with Crippen molar-refractivity contribution in [1.29, 1.82) is 0 Å². The van der Waals surface area contributed by atoms with E-state index in [1.807, 2.05) is 25.1 Å². The molecule has 0 bridgehead atoms. The highest BCUT2D eigenvalue weighted by Gasteiger charge is 2.08. The van der Waals surface area contributed by atoms with E-state index < -0.39 is 0 Å². The maximum absolute atomic E-state index is 5.65. The Kier molecular flexibility index (Phi) is 9.78. The van der Waals surface area contributed by atoms with Gasteiger partial charge in [0.05, 0.1) is 6.61 Å². The number of hydrogen-bond donors (Lipinski definition) is 2. The molecule has 1 unspecified atom stereocenters. The molecule has 0 saturated heterocycles. The zero-order valence-corrected chi connectivity index (χ0v) is 17.6. The van der Waals surface area contributed by atoms with Gasteiger partial charge in [-0.15, -0.1) is 35.3 Å². The van der Waals surface area contributed by atoms with Crippen LogP contribution in [0.25, 0.3) is 0 Å². The number of halogens is 1. The molecule has 2 rings (SSSR count). The highest BCUT2D eigenvalue weighted by molar-refractivity contribution is 14.0. The molecule has 132 valence electrons. The summed E-state index contributed by atoms with van der Waals surface area (Å²) in [5.74, 6) is 2.19. The van der Waals surface area contributed by atoms with Crippen LogP contribution in [0, 0.1) is 0 Å². The Morgan fingerprint density at radius 3 is 2.67 bits per heavy atom. The lowest BCUT2D eigenvalue weighted by molar-refractivity contribution is 0.336. The van der Waals surface area contributed by atoms with Gasteiger partial charge in [0.2, 0.25) is 0 Å². The van der Waals surface area contributed by atoms with Crippen LogP contribution >= 0.6 is 35.3 Å². The smallest absolute Gasteiger partial charge is 0.191 e. The number of guanidine groups is 1. The lowest BCUT2D eigenvalue weighted by Gasteiger charge is -2.16. The Morgan fingerprint density at radius 1 is 1.21 bits per heavy atom. The summed E-state index contributed by atoms with van der Waals surface area (Å²) in [4.78, 5) is 5.67. The van der Waals surface area contributed by atoms with Gasteiger partial charge in [0.15, 0.2) is 5.96 Å². The van der Waals surface area contributed by atoms with Crippen molar-refractivity contribution in [2.75, 3.05) is 20.2 Å². The Balaban J connectivity index is 0.00000288. The van der Waals surface area contributed by atoms with Crippen molar-refractivity contribution in [1.82, 2.24) is 10.6 Å². The van der Waals surface area contributed by atoms with E-state index in [0.29, 0.717) is 19.1 Å². The summed E-state index contributed by atoms with van der Waals surface area (Å²) in [5, 5.41) is 8.85. The van der Waals surface area contributed by atoms with Crippen LogP contribution in [-0.4, -0.2) is 26.2 Å². The molecule has 2 aromatic rings. The SMILES string of the molecule is CCOc1ccccc1CNC(=NC)NCC(C)c1cccs1.I. The number of nitrogens with zero attached hydrogens (tertiary/aromatic N) is 1. The van der Waals surface area contributed by atoms with Gasteiger partial charge in [-0.1, -0.05) is 31.2 Å². The minimum atomic E-state index is 0. The molecule has 1 heterocycles. The first-order chi connectivity index (χ1) is 11.2. The summed E-state index contributed by atoms with van der Waals surface area (Å²) in [7, 11) is 1.79. The molecular formula is C18H26IN3OS. The molecule has 1 atom stereocenters. The second-order valence-corrected chi connectivity index (χ2v) is 6.24. The Hall–Kier alpha value is -1.28. The van der Waals surface area contributed by atoms with E-state index in [2.05, 4.69) is 46.1 Å². The molecule has 0 aliphatic heterocycles. The van der Waals surface area contributed by atoms with Crippen molar-refractivity contribution in [2.45, 2.75) is 26.3 Å². The first-order valence-electron chi connectivity index (χ1n) is 7.93. The normalized spacial score (nSPS) is 12.2. The zero-order valence-electron chi connectivity index (χ0n) is 14.4. The molecule has 0 radical (unpaired) electrons. The first kappa shape index (κ1) is 20.8. The van der Waals surface area contributed by atoms with E-state index in [4.69, 9.17) is 4.74 Å². The van der Waals surface area contributed by atoms with Gasteiger partial charge >= 0.3 is 0 Å². The van der Waals surface area contributed by atoms with Crippen LogP contribution in [0.5, 0.6) is 5.75 Å². The maximum atomic E-state index is 5.65. The van der Waals surface area contributed by atoms with Crippen molar-refractivity contribution < 1.29 is 4.74 Å². The zero-order chi connectivity index (χ0) is 16.5. The van der Waals surface area contributed by atoms with E-state index in [1.165, 1.54) is 4.88 Å². The van der Waals surface area contributed by atoms with Crippen molar-refractivity contribution in [3.05, 3.63) is 52.2 Å². The molecule has 0 aliphatic rings. The fraction of sp³-hybridized carbons (Fsp3) is 0.389. The summed E-state index contributed by atoms with van der Waals surface area (Å²) < 4.78 is 5.65. The van der Waals surface area contributed by atoms with E-state index >= 15 is 0 Å². The lowest BCUT2D eigenvalue weighted by Crippen LogP contribution is -2.38. The Labute approximate surface area is 165 Å². The third-order valence-corrected chi connectivity index (χ3v) is 4.65. The quantitative estimate of drug-likeness (QED) is 0.370. The molecule has 1 aromatic heterocycles. The molecule has 2 N–H and O–H groups in total. The summed E-state index contributed by atoms with van der Waals surface area (Å²) >= 11 is 1.79. The largest absolute Gasteiger partial charge is 0.494 e. The van der Waals surface area contributed by atoms with Crippen molar-refractivity contribution in [2.24, 2.45) is 4.99 Å². The minimum Gasteiger partial charge on any atom is -0.494 e. The molecule has 6 heteroatoms. The second-order valence-electron chi connectivity index (χ2n) is 5.26. The summed E-state index contributed by atoms with van der Waals surface area (Å²) in [5.41, 5.74) is 1.13. The fourth-order valence-corrected chi connectivity index (χ4v) is 3.05. The van der Waals surface area contributed by atoms with Gasteiger partial charge < -0.3 is 15.4 Å². The van der Waals surface area contributed by atoms with Crippen LogP contribution in [0.4, 0.5) is 0 Å². The summed E-state index contributed by atoms with van der Waals surface area (Å²) in [6, 6.07) is 12.3. The van der Waals surface area contributed by atoms with Gasteiger partial charge in [-0.25, -0.2) is 0 Å². The number of benzene rings is 1. The molecule has 0 amide bonds. The number of rotatable bonds is 7. The van der Waals surface area contributed by atoms with Crippen LogP contribution in [0.15, 0.2) is 46.8 Å². The first-order valence-corrected chi connectivity index (χ1v) is 8.81. The average molecular weight is 459 g/mol. The molecule has 0 saturated carbocycles. The maximum Gasteiger partial charge on any atom is 0.191 e. The molecule has 0 spiro atoms. The predicted octanol–water partition coefficient (Wildman–Crippen LogP) is 4.23. The van der Waals surface area contributed by atoms with Crippen LogP contribution < -0.4 is 15.4 Å². The Morgan fingerprint density at radius 2 is 2.00 bits per heavy atom. The van der Waals surface area contributed by atoms with Crippen molar-refractivity contribution in [3.8, 4) is 5.75 Å². The monoisotopic (exact) mass is 459 g/mol.